The van der Waals surface area contributed by atoms with Gasteiger partial charge in [-0.25, -0.2) is 4.39 Å². The molecule has 2 aromatic rings. The van der Waals surface area contributed by atoms with E-state index in [9.17, 15) is 9.18 Å². The first-order chi connectivity index (χ1) is 11.0. The summed E-state index contributed by atoms with van der Waals surface area (Å²) in [6.07, 6.45) is 0. The minimum atomic E-state index is -0.424. The number of hydrogen-bond acceptors (Lipinski definition) is 3. The molecule has 23 heavy (non-hydrogen) atoms. The summed E-state index contributed by atoms with van der Waals surface area (Å²) in [6.45, 7) is 0.613. The van der Waals surface area contributed by atoms with Gasteiger partial charge < -0.3 is 14.5 Å². The zero-order chi connectivity index (χ0) is 16.8. The van der Waals surface area contributed by atoms with Crippen LogP contribution in [-0.4, -0.2) is 38.6 Å². The van der Waals surface area contributed by atoms with Gasteiger partial charge in [-0.1, -0.05) is 24.3 Å². The van der Waals surface area contributed by atoms with E-state index in [0.29, 0.717) is 6.54 Å². The monoisotopic (exact) mass is 316 g/mol. The van der Waals surface area contributed by atoms with Gasteiger partial charge in [-0.15, -0.1) is 0 Å². The standard InChI is InChI=1S/C18H21FN2O2/c1-20(15-7-5-4-6-8-15)13-18(22)21(2)12-14-9-10-17(23-3)16(19)11-14/h4-11H,12-13H2,1-3H3. The second-order valence-corrected chi connectivity index (χ2v) is 5.41. The summed E-state index contributed by atoms with van der Waals surface area (Å²) in [7, 11) is 5.00. The van der Waals surface area contributed by atoms with Crippen molar-refractivity contribution in [2.75, 3.05) is 32.6 Å². The quantitative estimate of drug-likeness (QED) is 0.821. The van der Waals surface area contributed by atoms with Gasteiger partial charge in [0.1, 0.15) is 0 Å². The topological polar surface area (TPSA) is 32.8 Å². The van der Waals surface area contributed by atoms with Crippen LogP contribution in [0.25, 0.3) is 0 Å². The van der Waals surface area contributed by atoms with Crippen LogP contribution in [0.15, 0.2) is 48.5 Å². The largest absolute Gasteiger partial charge is 0.494 e. The fraction of sp³-hybridized carbons (Fsp3) is 0.278. The molecule has 0 aliphatic rings. The predicted molar refractivity (Wildman–Crippen MR) is 89.1 cm³/mol. The van der Waals surface area contributed by atoms with Crippen LogP contribution < -0.4 is 9.64 Å². The van der Waals surface area contributed by atoms with Gasteiger partial charge in [0.05, 0.1) is 13.7 Å². The molecule has 0 saturated carbocycles. The molecule has 0 unspecified atom stereocenters. The summed E-state index contributed by atoms with van der Waals surface area (Å²) < 4.78 is 18.6. The number of carbonyl (C=O) groups excluding carboxylic acids is 1. The number of halogens is 1. The molecule has 0 heterocycles. The normalized spacial score (nSPS) is 10.3. The number of likely N-dealkylation sites (N-methyl/N-ethyl adjacent to an activating group) is 2. The molecule has 0 N–H and O–H groups in total. The van der Waals surface area contributed by atoms with Crippen molar-refractivity contribution in [2.24, 2.45) is 0 Å². The molecule has 0 saturated heterocycles. The molecule has 2 rings (SSSR count). The maximum absolute atomic E-state index is 13.7. The lowest BCUT2D eigenvalue weighted by atomic mass is 10.2. The third-order valence-electron chi connectivity index (χ3n) is 3.63. The lowest BCUT2D eigenvalue weighted by Crippen LogP contribution is -2.36. The first kappa shape index (κ1) is 16.8. The van der Waals surface area contributed by atoms with Crippen LogP contribution in [0.5, 0.6) is 5.75 Å². The SMILES string of the molecule is COc1ccc(CN(C)C(=O)CN(C)c2ccccc2)cc1F. The fourth-order valence-electron chi connectivity index (χ4n) is 2.27. The molecule has 2 aromatic carbocycles. The van der Waals surface area contributed by atoms with Crippen molar-refractivity contribution in [1.82, 2.24) is 4.90 Å². The number of carbonyl (C=O) groups is 1. The Hall–Kier alpha value is -2.56. The van der Waals surface area contributed by atoms with E-state index in [-0.39, 0.29) is 18.2 Å². The second-order valence-electron chi connectivity index (χ2n) is 5.41. The molecular weight excluding hydrogens is 295 g/mol. The van der Waals surface area contributed by atoms with Gasteiger partial charge in [-0.05, 0) is 29.8 Å². The van der Waals surface area contributed by atoms with Crippen molar-refractivity contribution in [3.05, 3.63) is 59.9 Å². The molecule has 122 valence electrons. The summed E-state index contributed by atoms with van der Waals surface area (Å²) in [4.78, 5) is 15.8. The molecule has 0 atom stereocenters. The molecular formula is C18H21FN2O2. The van der Waals surface area contributed by atoms with E-state index in [1.165, 1.54) is 13.2 Å². The Balaban J connectivity index is 1.96. The molecule has 0 radical (unpaired) electrons. The van der Waals surface area contributed by atoms with Crippen molar-refractivity contribution in [1.29, 1.82) is 0 Å². The van der Waals surface area contributed by atoms with Crippen molar-refractivity contribution >= 4 is 11.6 Å². The molecule has 0 fully saturated rings. The summed E-state index contributed by atoms with van der Waals surface area (Å²) >= 11 is 0. The molecule has 0 bridgehead atoms. The van der Waals surface area contributed by atoms with Crippen molar-refractivity contribution in [3.63, 3.8) is 0 Å². The van der Waals surface area contributed by atoms with Crippen molar-refractivity contribution in [2.45, 2.75) is 6.54 Å². The number of methoxy groups -OCH3 is 1. The van der Waals surface area contributed by atoms with Gasteiger partial charge in [-0.2, -0.15) is 0 Å². The highest BCUT2D eigenvalue weighted by Crippen LogP contribution is 2.18. The highest BCUT2D eigenvalue weighted by atomic mass is 19.1. The van der Waals surface area contributed by atoms with Gasteiger partial charge >= 0.3 is 0 Å². The van der Waals surface area contributed by atoms with E-state index in [4.69, 9.17) is 4.74 Å². The summed E-state index contributed by atoms with van der Waals surface area (Å²) in [5.74, 6) is -0.258. The van der Waals surface area contributed by atoms with Crippen LogP contribution in [0.1, 0.15) is 5.56 Å². The van der Waals surface area contributed by atoms with Crippen LogP contribution in [0.3, 0.4) is 0 Å². The number of hydrogen-bond donors (Lipinski definition) is 0. The van der Waals surface area contributed by atoms with Crippen molar-refractivity contribution in [3.8, 4) is 5.75 Å². The molecule has 4 nitrogen and oxygen atoms in total. The zero-order valence-electron chi connectivity index (χ0n) is 13.6. The molecule has 0 aliphatic heterocycles. The van der Waals surface area contributed by atoms with Gasteiger partial charge in [0.25, 0.3) is 0 Å². The average Bonchev–Trinajstić information content (AvgIpc) is 2.55. The van der Waals surface area contributed by atoms with E-state index >= 15 is 0 Å². The highest BCUT2D eigenvalue weighted by molar-refractivity contribution is 5.81. The first-order valence-electron chi connectivity index (χ1n) is 7.34. The molecule has 0 spiro atoms. The Kier molecular flexibility index (Phi) is 5.57. The van der Waals surface area contributed by atoms with Crippen molar-refractivity contribution < 1.29 is 13.9 Å². The lowest BCUT2D eigenvalue weighted by Gasteiger charge is -2.23. The number of para-hydroxylation sites is 1. The van der Waals surface area contributed by atoms with Crippen LogP contribution in [0.4, 0.5) is 10.1 Å². The summed E-state index contributed by atoms with van der Waals surface area (Å²) in [5, 5.41) is 0. The average molecular weight is 316 g/mol. The van der Waals surface area contributed by atoms with Crippen LogP contribution in [-0.2, 0) is 11.3 Å². The third-order valence-corrected chi connectivity index (χ3v) is 3.63. The van der Waals surface area contributed by atoms with Gasteiger partial charge in [0.2, 0.25) is 5.91 Å². The molecule has 5 heteroatoms. The Morgan fingerprint density at radius 1 is 1.13 bits per heavy atom. The van der Waals surface area contributed by atoms with Gasteiger partial charge in [0.15, 0.2) is 11.6 Å². The maximum Gasteiger partial charge on any atom is 0.242 e. The number of nitrogens with zero attached hydrogens (tertiary/aromatic N) is 2. The van der Waals surface area contributed by atoms with E-state index in [2.05, 4.69) is 0 Å². The first-order valence-corrected chi connectivity index (χ1v) is 7.34. The van der Waals surface area contributed by atoms with E-state index in [1.54, 1.807) is 24.1 Å². The molecule has 1 amide bonds. The maximum atomic E-state index is 13.7. The van der Waals surface area contributed by atoms with Crippen LogP contribution >= 0.6 is 0 Å². The number of amides is 1. The minimum Gasteiger partial charge on any atom is -0.494 e. The van der Waals surface area contributed by atoms with E-state index in [1.807, 2.05) is 42.3 Å². The van der Waals surface area contributed by atoms with E-state index in [0.717, 1.165) is 11.3 Å². The number of rotatable bonds is 6. The Morgan fingerprint density at radius 2 is 1.83 bits per heavy atom. The predicted octanol–water partition coefficient (Wildman–Crippen LogP) is 2.93. The Labute approximate surface area is 136 Å². The summed E-state index contributed by atoms with van der Waals surface area (Å²) in [5.41, 5.74) is 1.70. The molecule has 0 aromatic heterocycles. The Bertz CT molecular complexity index is 661. The smallest absolute Gasteiger partial charge is 0.242 e. The minimum absolute atomic E-state index is 0.0346. The van der Waals surface area contributed by atoms with Crippen LogP contribution in [0.2, 0.25) is 0 Å². The number of benzene rings is 2. The van der Waals surface area contributed by atoms with E-state index < -0.39 is 5.82 Å². The number of ether oxygens (including phenoxy) is 1. The Morgan fingerprint density at radius 3 is 2.43 bits per heavy atom. The third kappa shape index (κ3) is 4.45. The molecule has 0 aliphatic carbocycles. The fourth-order valence-corrected chi connectivity index (χ4v) is 2.27. The van der Waals surface area contributed by atoms with Gasteiger partial charge in [0, 0.05) is 26.3 Å². The number of anilines is 1. The second kappa shape index (κ2) is 7.63. The lowest BCUT2D eigenvalue weighted by molar-refractivity contribution is -0.128. The van der Waals surface area contributed by atoms with Crippen LogP contribution in [0, 0.1) is 5.82 Å². The zero-order valence-corrected chi connectivity index (χ0v) is 13.6. The highest BCUT2D eigenvalue weighted by Gasteiger charge is 2.13. The van der Waals surface area contributed by atoms with Gasteiger partial charge in [-0.3, -0.25) is 4.79 Å². The summed E-state index contributed by atoms with van der Waals surface area (Å²) in [6, 6.07) is 14.4.